The second-order valence-electron chi connectivity index (χ2n) is 5.51. The fourth-order valence-electron chi connectivity index (χ4n) is 2.39. The number of halogens is 1. The van der Waals surface area contributed by atoms with Gasteiger partial charge in [-0.1, -0.05) is 6.07 Å². The lowest BCUT2D eigenvalue weighted by molar-refractivity contribution is 0.0561. The second-order valence-corrected chi connectivity index (χ2v) is 7.45. The molecular formula is C14H18FNO3S. The van der Waals surface area contributed by atoms with Gasteiger partial charge < -0.3 is 4.74 Å². The fraction of sp³-hybridized carbons (Fsp3) is 0.571. The lowest BCUT2D eigenvalue weighted by Gasteiger charge is -2.17. The molecule has 1 saturated carbocycles. The van der Waals surface area contributed by atoms with Crippen molar-refractivity contribution in [2.24, 2.45) is 5.92 Å². The van der Waals surface area contributed by atoms with Crippen LogP contribution in [0.25, 0.3) is 0 Å². The van der Waals surface area contributed by atoms with Crippen molar-refractivity contribution in [1.82, 2.24) is 4.31 Å². The summed E-state index contributed by atoms with van der Waals surface area (Å²) in [6, 6.07) is 5.15. The Bertz CT molecular complexity index is 586. The maximum absolute atomic E-state index is 13.2. The Morgan fingerprint density at radius 3 is 2.80 bits per heavy atom. The number of hydrogen-bond donors (Lipinski definition) is 0. The maximum Gasteiger partial charge on any atom is 0.243 e. The van der Waals surface area contributed by atoms with Gasteiger partial charge in [0.25, 0.3) is 0 Å². The number of benzene rings is 1. The predicted octanol–water partition coefficient (Wildman–Crippen LogP) is 2.02. The molecular weight excluding hydrogens is 281 g/mol. The zero-order chi connectivity index (χ0) is 14.2. The van der Waals surface area contributed by atoms with Crippen LogP contribution in [0.4, 0.5) is 4.39 Å². The van der Waals surface area contributed by atoms with Gasteiger partial charge in [-0.05, 0) is 43.4 Å². The molecule has 0 spiro atoms. The van der Waals surface area contributed by atoms with E-state index >= 15 is 0 Å². The largest absolute Gasteiger partial charge is 0.377 e. The average molecular weight is 299 g/mol. The highest BCUT2D eigenvalue weighted by Crippen LogP contribution is 2.30. The Balaban J connectivity index is 1.66. The Morgan fingerprint density at radius 1 is 1.30 bits per heavy atom. The number of sulfonamides is 1. The van der Waals surface area contributed by atoms with E-state index in [1.165, 1.54) is 35.3 Å². The first-order valence-electron chi connectivity index (χ1n) is 6.93. The number of rotatable bonds is 5. The molecule has 1 saturated heterocycles. The Hall–Kier alpha value is -0.980. The van der Waals surface area contributed by atoms with Gasteiger partial charge in [0.05, 0.1) is 11.0 Å². The highest BCUT2D eigenvalue weighted by Gasteiger charge is 2.34. The first kappa shape index (κ1) is 14.0. The molecule has 0 N–H and O–H groups in total. The maximum atomic E-state index is 13.2. The quantitative estimate of drug-likeness (QED) is 0.835. The average Bonchev–Trinajstić information content (AvgIpc) is 3.12. The van der Waals surface area contributed by atoms with Crippen LogP contribution in [0.2, 0.25) is 0 Å². The van der Waals surface area contributed by atoms with Crippen LogP contribution < -0.4 is 0 Å². The van der Waals surface area contributed by atoms with E-state index < -0.39 is 15.8 Å². The number of ether oxygens (including phenoxy) is 1. The minimum Gasteiger partial charge on any atom is -0.377 e. The van der Waals surface area contributed by atoms with E-state index in [0.717, 1.165) is 12.7 Å². The van der Waals surface area contributed by atoms with Gasteiger partial charge in [0, 0.05) is 19.7 Å². The van der Waals surface area contributed by atoms with Crippen molar-refractivity contribution in [3.8, 4) is 0 Å². The van der Waals surface area contributed by atoms with E-state index in [0.29, 0.717) is 25.4 Å². The summed E-state index contributed by atoms with van der Waals surface area (Å²) in [5.41, 5.74) is 0. The molecule has 2 aliphatic rings. The van der Waals surface area contributed by atoms with E-state index in [9.17, 15) is 12.8 Å². The molecule has 1 aromatic rings. The lowest BCUT2D eigenvalue weighted by atomic mass is 10.3. The van der Waals surface area contributed by atoms with E-state index in [-0.39, 0.29) is 11.0 Å². The van der Waals surface area contributed by atoms with Crippen molar-refractivity contribution in [2.45, 2.75) is 30.3 Å². The van der Waals surface area contributed by atoms with Gasteiger partial charge in [0.1, 0.15) is 5.82 Å². The molecule has 0 bridgehead atoms. The summed E-state index contributed by atoms with van der Waals surface area (Å²) in [6.07, 6.45) is 3.12. The SMILES string of the molecule is O=S(=O)(c1cccc(F)c1)N1CC[C@@H](OCC2CC2)C1. The van der Waals surface area contributed by atoms with Crippen molar-refractivity contribution in [3.05, 3.63) is 30.1 Å². The summed E-state index contributed by atoms with van der Waals surface area (Å²) in [6.45, 7) is 1.54. The molecule has 3 rings (SSSR count). The topological polar surface area (TPSA) is 46.6 Å². The fourth-order valence-corrected chi connectivity index (χ4v) is 3.90. The summed E-state index contributed by atoms with van der Waals surface area (Å²) in [5, 5.41) is 0. The van der Waals surface area contributed by atoms with Gasteiger partial charge in [0.15, 0.2) is 0 Å². The molecule has 6 heteroatoms. The van der Waals surface area contributed by atoms with Crippen molar-refractivity contribution >= 4 is 10.0 Å². The van der Waals surface area contributed by atoms with Crippen LogP contribution in [0.5, 0.6) is 0 Å². The van der Waals surface area contributed by atoms with E-state index in [4.69, 9.17) is 4.74 Å². The van der Waals surface area contributed by atoms with Crippen molar-refractivity contribution < 1.29 is 17.5 Å². The Kier molecular flexibility index (Phi) is 3.79. The third kappa shape index (κ3) is 3.02. The van der Waals surface area contributed by atoms with Crippen LogP contribution in [0.15, 0.2) is 29.2 Å². The molecule has 4 nitrogen and oxygen atoms in total. The zero-order valence-electron chi connectivity index (χ0n) is 11.2. The molecule has 110 valence electrons. The lowest BCUT2D eigenvalue weighted by Crippen LogP contribution is -2.30. The number of hydrogen-bond acceptors (Lipinski definition) is 3. The van der Waals surface area contributed by atoms with Crippen LogP contribution in [0, 0.1) is 11.7 Å². The Labute approximate surface area is 118 Å². The minimum absolute atomic E-state index is 0.0142. The summed E-state index contributed by atoms with van der Waals surface area (Å²) in [7, 11) is -3.60. The monoisotopic (exact) mass is 299 g/mol. The molecule has 0 aromatic heterocycles. The zero-order valence-corrected chi connectivity index (χ0v) is 12.0. The summed E-state index contributed by atoms with van der Waals surface area (Å²) in [5.74, 6) is 0.135. The molecule has 1 aromatic carbocycles. The predicted molar refractivity (Wildman–Crippen MR) is 72.2 cm³/mol. The van der Waals surface area contributed by atoms with Crippen LogP contribution in [0.1, 0.15) is 19.3 Å². The Morgan fingerprint density at radius 2 is 2.10 bits per heavy atom. The van der Waals surface area contributed by atoms with Gasteiger partial charge in [-0.3, -0.25) is 0 Å². The molecule has 0 unspecified atom stereocenters. The number of nitrogens with zero attached hydrogens (tertiary/aromatic N) is 1. The summed E-state index contributed by atoms with van der Waals surface area (Å²) < 4.78 is 45.1. The summed E-state index contributed by atoms with van der Waals surface area (Å²) >= 11 is 0. The second kappa shape index (κ2) is 5.42. The van der Waals surface area contributed by atoms with Crippen molar-refractivity contribution in [2.75, 3.05) is 19.7 Å². The summed E-state index contributed by atoms with van der Waals surface area (Å²) in [4.78, 5) is 0.0142. The van der Waals surface area contributed by atoms with E-state index in [2.05, 4.69) is 0 Å². The van der Waals surface area contributed by atoms with Crippen molar-refractivity contribution in [3.63, 3.8) is 0 Å². The van der Waals surface area contributed by atoms with Gasteiger partial charge in [0.2, 0.25) is 10.0 Å². The van der Waals surface area contributed by atoms with E-state index in [1.54, 1.807) is 0 Å². The van der Waals surface area contributed by atoms with Crippen molar-refractivity contribution in [1.29, 1.82) is 0 Å². The third-order valence-electron chi connectivity index (χ3n) is 3.81. The van der Waals surface area contributed by atoms with Gasteiger partial charge in [-0.25, -0.2) is 12.8 Å². The van der Waals surface area contributed by atoms with Crippen LogP contribution in [-0.2, 0) is 14.8 Å². The van der Waals surface area contributed by atoms with Crippen LogP contribution in [0.3, 0.4) is 0 Å². The molecule has 20 heavy (non-hydrogen) atoms. The molecule has 2 fully saturated rings. The first-order chi connectivity index (χ1) is 9.55. The highest BCUT2D eigenvalue weighted by atomic mass is 32.2. The molecule has 0 radical (unpaired) electrons. The molecule has 1 atom stereocenters. The molecule has 1 heterocycles. The minimum atomic E-state index is -3.60. The standard InChI is InChI=1S/C14H18FNO3S/c15-12-2-1-3-14(8-12)20(17,18)16-7-6-13(9-16)19-10-11-4-5-11/h1-3,8,11,13H,4-7,9-10H2/t13-/m1/s1. The van der Waals surface area contributed by atoms with Gasteiger partial charge in [-0.15, -0.1) is 0 Å². The molecule has 0 amide bonds. The van der Waals surface area contributed by atoms with Crippen LogP contribution in [-0.4, -0.2) is 38.5 Å². The van der Waals surface area contributed by atoms with E-state index in [1.807, 2.05) is 0 Å². The highest BCUT2D eigenvalue weighted by molar-refractivity contribution is 7.89. The normalized spacial score (nSPS) is 24.1. The molecule has 1 aliphatic heterocycles. The third-order valence-corrected chi connectivity index (χ3v) is 5.67. The van der Waals surface area contributed by atoms with Crippen LogP contribution >= 0.6 is 0 Å². The van der Waals surface area contributed by atoms with Gasteiger partial charge in [-0.2, -0.15) is 4.31 Å². The molecule has 1 aliphatic carbocycles. The van der Waals surface area contributed by atoms with Gasteiger partial charge >= 0.3 is 0 Å². The first-order valence-corrected chi connectivity index (χ1v) is 8.37. The smallest absolute Gasteiger partial charge is 0.243 e.